The van der Waals surface area contributed by atoms with Crippen molar-refractivity contribution >= 4 is 33.1 Å². The second-order valence-electron chi connectivity index (χ2n) is 12.1. The van der Waals surface area contributed by atoms with Crippen molar-refractivity contribution in [2.75, 3.05) is 4.90 Å². The van der Waals surface area contributed by atoms with Gasteiger partial charge in [-0.1, -0.05) is 104 Å². The fourth-order valence-electron chi connectivity index (χ4n) is 8.29. The standard InChI is InChI=1S/C39H32N2/c1-25-22-34-37(41(28-14-6-3-7-15-28)39-32-18-9-8-17-31(32)38(34)39)24-33(25)26-20-21-30-29-16-10-11-19-35(29)40(36(30)23-26)27-12-4-2-5-13-27/h2-21,23-25,31-32,34,37H,22H2,1H3/t25?,31?,32-,34?,37?/m1/s1. The highest BCUT2D eigenvalue weighted by molar-refractivity contribution is 6.10. The highest BCUT2D eigenvalue weighted by Gasteiger charge is 2.54. The Balaban J connectivity index is 1.21. The molecule has 0 N–H and O–H groups in total. The van der Waals surface area contributed by atoms with Crippen molar-refractivity contribution in [3.05, 3.63) is 150 Å². The molecule has 0 amide bonds. The van der Waals surface area contributed by atoms with Gasteiger partial charge in [-0.3, -0.25) is 0 Å². The van der Waals surface area contributed by atoms with Gasteiger partial charge in [-0.25, -0.2) is 0 Å². The van der Waals surface area contributed by atoms with Crippen molar-refractivity contribution in [1.82, 2.24) is 4.57 Å². The molecule has 0 saturated carbocycles. The largest absolute Gasteiger partial charge is 0.337 e. The van der Waals surface area contributed by atoms with Gasteiger partial charge in [-0.05, 0) is 65.4 Å². The molecule has 2 nitrogen and oxygen atoms in total. The molecule has 5 atom stereocenters. The van der Waals surface area contributed by atoms with Crippen LogP contribution in [0, 0.1) is 23.7 Å². The third-order valence-corrected chi connectivity index (χ3v) is 10.0. The van der Waals surface area contributed by atoms with E-state index in [-0.39, 0.29) is 0 Å². The van der Waals surface area contributed by atoms with Crippen LogP contribution in [0.3, 0.4) is 0 Å². The van der Waals surface area contributed by atoms with Crippen LogP contribution in [-0.4, -0.2) is 10.6 Å². The molecule has 5 aromatic rings. The number of para-hydroxylation sites is 3. The van der Waals surface area contributed by atoms with Gasteiger partial charge in [0.2, 0.25) is 0 Å². The Kier molecular flexibility index (Phi) is 4.93. The fourth-order valence-corrected chi connectivity index (χ4v) is 8.29. The van der Waals surface area contributed by atoms with E-state index in [4.69, 9.17) is 0 Å². The summed E-state index contributed by atoms with van der Waals surface area (Å²) in [4.78, 5) is 2.68. The molecule has 41 heavy (non-hydrogen) atoms. The zero-order valence-electron chi connectivity index (χ0n) is 23.2. The summed E-state index contributed by atoms with van der Waals surface area (Å²) in [6.07, 6.45) is 13.2. The van der Waals surface area contributed by atoms with E-state index in [1.807, 2.05) is 0 Å². The molecule has 0 spiro atoms. The van der Waals surface area contributed by atoms with Crippen LogP contribution in [-0.2, 0) is 0 Å². The summed E-state index contributed by atoms with van der Waals surface area (Å²) in [6.45, 7) is 2.44. The van der Waals surface area contributed by atoms with Crippen molar-refractivity contribution in [3.8, 4) is 5.69 Å². The lowest BCUT2D eigenvalue weighted by Gasteiger charge is -2.41. The monoisotopic (exact) mass is 528 g/mol. The lowest BCUT2D eigenvalue weighted by molar-refractivity contribution is 0.409. The van der Waals surface area contributed by atoms with E-state index in [1.165, 1.54) is 50.7 Å². The molecule has 3 aliphatic carbocycles. The van der Waals surface area contributed by atoms with Crippen LogP contribution < -0.4 is 4.90 Å². The Labute approximate surface area is 241 Å². The van der Waals surface area contributed by atoms with E-state index < -0.39 is 0 Å². The molecule has 9 rings (SSSR count). The summed E-state index contributed by atoms with van der Waals surface area (Å²) in [6, 6.07) is 38.2. The summed E-state index contributed by atoms with van der Waals surface area (Å²) in [5.41, 5.74) is 11.1. The minimum atomic E-state index is 0.358. The minimum Gasteiger partial charge on any atom is -0.337 e. The van der Waals surface area contributed by atoms with E-state index in [1.54, 1.807) is 11.3 Å². The van der Waals surface area contributed by atoms with Gasteiger partial charge in [0, 0.05) is 45.6 Å². The number of aromatic nitrogens is 1. The molecule has 4 aliphatic rings. The molecule has 0 bridgehead atoms. The predicted octanol–water partition coefficient (Wildman–Crippen LogP) is 9.34. The number of anilines is 1. The van der Waals surface area contributed by atoms with E-state index in [0.29, 0.717) is 29.7 Å². The Morgan fingerprint density at radius 3 is 2.15 bits per heavy atom. The summed E-state index contributed by atoms with van der Waals surface area (Å²) in [5.74, 6) is 2.14. The molecular formula is C39H32N2. The Morgan fingerprint density at radius 1 is 0.659 bits per heavy atom. The summed E-state index contributed by atoms with van der Waals surface area (Å²) >= 11 is 0. The molecule has 1 aromatic heterocycles. The van der Waals surface area contributed by atoms with Crippen molar-refractivity contribution in [1.29, 1.82) is 0 Å². The molecule has 0 saturated heterocycles. The number of hydrogen-bond donors (Lipinski definition) is 0. The van der Waals surface area contributed by atoms with Crippen LogP contribution in [0.15, 0.2) is 145 Å². The second kappa shape index (κ2) is 8.72. The summed E-state index contributed by atoms with van der Waals surface area (Å²) in [7, 11) is 0. The number of allylic oxidation sites excluding steroid dienone is 5. The summed E-state index contributed by atoms with van der Waals surface area (Å²) in [5, 5.41) is 2.62. The molecule has 1 aliphatic heterocycles. The highest BCUT2D eigenvalue weighted by Crippen LogP contribution is 2.60. The fraction of sp³-hybridized carbons (Fsp3) is 0.179. The van der Waals surface area contributed by atoms with E-state index >= 15 is 0 Å². The Bertz CT molecular complexity index is 1950. The van der Waals surface area contributed by atoms with Gasteiger partial charge in [-0.2, -0.15) is 0 Å². The average Bonchev–Trinajstić information content (AvgIpc) is 3.49. The van der Waals surface area contributed by atoms with Crippen molar-refractivity contribution < 1.29 is 0 Å². The van der Waals surface area contributed by atoms with Gasteiger partial charge in [0.05, 0.1) is 17.1 Å². The molecule has 4 unspecified atom stereocenters. The number of hydrogen-bond acceptors (Lipinski definition) is 1. The van der Waals surface area contributed by atoms with Gasteiger partial charge in [-0.15, -0.1) is 0 Å². The first-order valence-electron chi connectivity index (χ1n) is 15.0. The van der Waals surface area contributed by atoms with Crippen LogP contribution in [0.2, 0.25) is 0 Å². The third-order valence-electron chi connectivity index (χ3n) is 10.0. The van der Waals surface area contributed by atoms with Crippen molar-refractivity contribution in [3.63, 3.8) is 0 Å². The van der Waals surface area contributed by atoms with Crippen LogP contribution in [0.4, 0.5) is 5.69 Å². The first kappa shape index (κ1) is 23.2. The Hall–Kier alpha value is -4.56. The maximum atomic E-state index is 2.68. The van der Waals surface area contributed by atoms with Gasteiger partial charge in [0.15, 0.2) is 0 Å². The van der Waals surface area contributed by atoms with E-state index in [0.717, 1.165) is 0 Å². The third kappa shape index (κ3) is 3.25. The molecule has 198 valence electrons. The maximum absolute atomic E-state index is 2.68. The average molecular weight is 529 g/mol. The van der Waals surface area contributed by atoms with Gasteiger partial charge in [0.25, 0.3) is 0 Å². The minimum absolute atomic E-state index is 0.358. The quantitative estimate of drug-likeness (QED) is 0.226. The first-order chi connectivity index (χ1) is 20.3. The van der Waals surface area contributed by atoms with Crippen LogP contribution >= 0.6 is 0 Å². The number of fused-ring (bicyclic) bond motifs is 8. The van der Waals surface area contributed by atoms with Crippen molar-refractivity contribution in [2.45, 2.75) is 19.4 Å². The van der Waals surface area contributed by atoms with Crippen LogP contribution in [0.1, 0.15) is 18.9 Å². The number of benzene rings is 4. The topological polar surface area (TPSA) is 8.17 Å². The SMILES string of the molecule is CC1CC2C3=C([C@@H]4C=CC=CC34)N(c3ccccc3)C2C=C1c1ccc2c3ccccc3n(-c3ccccc3)c2c1. The van der Waals surface area contributed by atoms with Crippen LogP contribution in [0.5, 0.6) is 0 Å². The van der Waals surface area contributed by atoms with Crippen LogP contribution in [0.25, 0.3) is 33.1 Å². The molecule has 4 aromatic carbocycles. The Morgan fingerprint density at radius 2 is 1.34 bits per heavy atom. The highest BCUT2D eigenvalue weighted by atomic mass is 15.2. The molecule has 2 heteroatoms. The molecule has 2 heterocycles. The predicted molar refractivity (Wildman–Crippen MR) is 171 cm³/mol. The maximum Gasteiger partial charge on any atom is 0.0591 e. The second-order valence-corrected chi connectivity index (χ2v) is 12.1. The van der Waals surface area contributed by atoms with Gasteiger partial charge < -0.3 is 9.47 Å². The lowest BCUT2D eigenvalue weighted by Crippen LogP contribution is -2.37. The van der Waals surface area contributed by atoms with E-state index in [2.05, 4.69) is 150 Å². The number of rotatable bonds is 3. The van der Waals surface area contributed by atoms with E-state index in [9.17, 15) is 0 Å². The van der Waals surface area contributed by atoms with Crippen molar-refractivity contribution in [2.24, 2.45) is 23.7 Å². The molecule has 0 radical (unpaired) electrons. The van der Waals surface area contributed by atoms with Gasteiger partial charge >= 0.3 is 0 Å². The van der Waals surface area contributed by atoms with Gasteiger partial charge in [0.1, 0.15) is 0 Å². The number of nitrogens with zero attached hydrogens (tertiary/aromatic N) is 2. The lowest BCUT2D eigenvalue weighted by atomic mass is 9.63. The normalized spacial score (nSPS) is 26.1. The zero-order valence-corrected chi connectivity index (χ0v) is 23.2. The zero-order chi connectivity index (χ0) is 27.1. The first-order valence-corrected chi connectivity index (χ1v) is 15.0. The smallest absolute Gasteiger partial charge is 0.0591 e. The molecular weight excluding hydrogens is 496 g/mol. The summed E-state index contributed by atoms with van der Waals surface area (Å²) < 4.78 is 2.44. The molecule has 0 fully saturated rings.